The lowest BCUT2D eigenvalue weighted by atomic mass is 10.1. The molecule has 0 spiro atoms. The molecule has 0 aliphatic rings. The Balaban J connectivity index is 1.55. The van der Waals surface area contributed by atoms with Crippen LogP contribution in [-0.4, -0.2) is 18.2 Å². The zero-order valence-electron chi connectivity index (χ0n) is 21.5. The zero-order chi connectivity index (χ0) is 28.1. The number of aromatic nitrogens is 2. The Bertz CT molecular complexity index is 1820. The van der Waals surface area contributed by atoms with Crippen molar-refractivity contribution in [3.63, 3.8) is 0 Å². The number of aryl methyl sites for hydroxylation is 1. The number of nitriles is 1. The lowest BCUT2D eigenvalue weighted by molar-refractivity contribution is 0.306. The highest BCUT2D eigenvalue weighted by Crippen LogP contribution is 2.31. The Morgan fingerprint density at radius 3 is 2.40 bits per heavy atom. The fourth-order valence-corrected chi connectivity index (χ4v) is 5.34. The van der Waals surface area contributed by atoms with Crippen molar-refractivity contribution in [3.8, 4) is 28.8 Å². The third kappa shape index (κ3) is 5.99. The van der Waals surface area contributed by atoms with Gasteiger partial charge in [0.1, 0.15) is 29.0 Å². The van der Waals surface area contributed by atoms with Gasteiger partial charge in [0.25, 0.3) is 0 Å². The maximum atomic E-state index is 13.3. The second-order valence-corrected chi connectivity index (χ2v) is 11.4. The number of sulfone groups is 1. The number of ether oxygens (including phenoxy) is 1. The van der Waals surface area contributed by atoms with Crippen LogP contribution in [0.4, 0.5) is 0 Å². The summed E-state index contributed by atoms with van der Waals surface area (Å²) in [6.07, 6.45) is 3.06. The Labute approximate surface area is 238 Å². The summed E-state index contributed by atoms with van der Waals surface area (Å²) in [5, 5.41) is 15.1. The quantitative estimate of drug-likeness (QED) is 0.183. The van der Waals surface area contributed by atoms with Crippen molar-refractivity contribution >= 4 is 27.5 Å². The van der Waals surface area contributed by atoms with E-state index in [1.807, 2.05) is 91.9 Å². The fourth-order valence-electron chi connectivity index (χ4n) is 4.07. The van der Waals surface area contributed by atoms with Gasteiger partial charge in [0.05, 0.1) is 10.6 Å². The second-order valence-electron chi connectivity index (χ2n) is 9.09. The molecule has 0 bridgehead atoms. The molecule has 5 aromatic rings. The molecule has 0 unspecified atom stereocenters. The van der Waals surface area contributed by atoms with Crippen LogP contribution in [-0.2, 0) is 16.4 Å². The van der Waals surface area contributed by atoms with Gasteiger partial charge in [0.15, 0.2) is 0 Å². The Kier molecular flexibility index (Phi) is 7.83. The van der Waals surface area contributed by atoms with Gasteiger partial charge in [-0.05, 0) is 67.1 Å². The molecule has 1 aromatic heterocycles. The van der Waals surface area contributed by atoms with E-state index in [-0.39, 0.29) is 4.90 Å². The lowest BCUT2D eigenvalue weighted by Crippen LogP contribution is -2.03. The van der Waals surface area contributed by atoms with Crippen LogP contribution in [0, 0.1) is 18.3 Å². The molecular weight excluding hydrogens is 542 g/mol. The molecule has 0 amide bonds. The summed E-state index contributed by atoms with van der Waals surface area (Å²) in [5.41, 5.74) is 4.68. The summed E-state index contributed by atoms with van der Waals surface area (Å²) >= 11 is 5.94. The summed E-state index contributed by atoms with van der Waals surface area (Å²) in [6.45, 7) is 2.43. The van der Waals surface area contributed by atoms with E-state index < -0.39 is 14.7 Å². The number of hydrogen-bond acceptors (Lipinski definition) is 5. The third-order valence-electron chi connectivity index (χ3n) is 6.21. The van der Waals surface area contributed by atoms with Gasteiger partial charge in [-0.25, -0.2) is 13.1 Å². The predicted molar refractivity (Wildman–Crippen MR) is 157 cm³/mol. The first-order valence-corrected chi connectivity index (χ1v) is 14.3. The van der Waals surface area contributed by atoms with Crippen LogP contribution in [0.15, 0.2) is 119 Å². The van der Waals surface area contributed by atoms with Gasteiger partial charge >= 0.3 is 0 Å². The van der Waals surface area contributed by atoms with E-state index in [4.69, 9.17) is 21.4 Å². The van der Waals surface area contributed by atoms with Crippen molar-refractivity contribution in [1.82, 2.24) is 9.78 Å². The van der Waals surface area contributed by atoms with E-state index in [0.717, 1.165) is 11.3 Å². The average molecular weight is 566 g/mol. The highest BCUT2D eigenvalue weighted by atomic mass is 35.5. The molecule has 0 radical (unpaired) electrons. The Morgan fingerprint density at radius 2 is 1.70 bits per heavy atom. The molecular formula is C32H24ClN3O3S. The normalized spacial score (nSPS) is 11.7. The second kappa shape index (κ2) is 11.6. The van der Waals surface area contributed by atoms with Crippen molar-refractivity contribution in [3.05, 3.63) is 136 Å². The molecule has 4 aromatic carbocycles. The molecule has 0 N–H and O–H groups in total. The summed E-state index contributed by atoms with van der Waals surface area (Å²) in [6, 6.07) is 32.6. The van der Waals surface area contributed by atoms with E-state index in [2.05, 4.69) is 0 Å². The molecule has 0 fully saturated rings. The fraction of sp³-hybridized carbons (Fsp3) is 0.0625. The minimum Gasteiger partial charge on any atom is -0.489 e. The Morgan fingerprint density at radius 1 is 0.975 bits per heavy atom. The van der Waals surface area contributed by atoms with Gasteiger partial charge in [-0.1, -0.05) is 71.8 Å². The third-order valence-corrected chi connectivity index (χ3v) is 8.14. The van der Waals surface area contributed by atoms with Gasteiger partial charge in [-0.3, -0.25) is 0 Å². The number of para-hydroxylation sites is 1. The van der Waals surface area contributed by atoms with Crippen molar-refractivity contribution < 1.29 is 13.2 Å². The van der Waals surface area contributed by atoms with E-state index in [1.54, 1.807) is 10.9 Å². The first kappa shape index (κ1) is 26.9. The molecule has 0 aliphatic heterocycles. The lowest BCUT2D eigenvalue weighted by Gasteiger charge is -2.08. The number of nitrogens with zero attached hydrogens (tertiary/aromatic N) is 3. The summed E-state index contributed by atoms with van der Waals surface area (Å²) in [5.74, 6) is 0.636. The first-order valence-electron chi connectivity index (χ1n) is 12.4. The van der Waals surface area contributed by atoms with E-state index in [1.165, 1.54) is 35.9 Å². The van der Waals surface area contributed by atoms with Crippen molar-refractivity contribution in [2.45, 2.75) is 18.4 Å². The molecule has 0 saturated heterocycles. The van der Waals surface area contributed by atoms with E-state index >= 15 is 0 Å². The molecule has 5 rings (SSSR count). The number of benzene rings is 4. The smallest absolute Gasteiger partial charge is 0.216 e. The minimum absolute atomic E-state index is 0.0202. The number of hydrogen-bond donors (Lipinski definition) is 0. The molecule has 198 valence electrons. The minimum atomic E-state index is -4.09. The van der Waals surface area contributed by atoms with E-state index in [9.17, 15) is 13.7 Å². The van der Waals surface area contributed by atoms with Gasteiger partial charge in [-0.2, -0.15) is 10.4 Å². The highest BCUT2D eigenvalue weighted by molar-refractivity contribution is 7.95. The molecule has 6 nitrogen and oxygen atoms in total. The van der Waals surface area contributed by atoms with Crippen LogP contribution in [0.5, 0.6) is 5.75 Å². The Hall–Kier alpha value is -4.64. The zero-order valence-corrected chi connectivity index (χ0v) is 23.1. The molecule has 0 atom stereocenters. The summed E-state index contributed by atoms with van der Waals surface area (Å²) < 4.78 is 34.3. The summed E-state index contributed by atoms with van der Waals surface area (Å²) in [4.78, 5) is -0.427. The maximum absolute atomic E-state index is 13.3. The van der Waals surface area contributed by atoms with Crippen LogP contribution in [0.1, 0.15) is 16.7 Å². The molecule has 0 aliphatic carbocycles. The topological polar surface area (TPSA) is 85.0 Å². The summed E-state index contributed by atoms with van der Waals surface area (Å²) in [7, 11) is -4.09. The monoisotopic (exact) mass is 565 g/mol. The van der Waals surface area contributed by atoms with Crippen LogP contribution in [0.2, 0.25) is 5.02 Å². The predicted octanol–water partition coefficient (Wildman–Crippen LogP) is 7.42. The van der Waals surface area contributed by atoms with Crippen molar-refractivity contribution in [1.29, 1.82) is 5.26 Å². The molecule has 1 heterocycles. The standard InChI is InChI=1S/C32H24ClN3O3S/c1-23-10-12-24(13-11-23)22-39-29-9-5-6-25(18-29)32-26(21-36(35-32)28-7-3-2-4-8-28)19-31(20-34)40(37,38)30-16-14-27(33)15-17-30/h2-19,21H,22H2,1H3/b31-19-. The van der Waals surface area contributed by atoms with Crippen molar-refractivity contribution in [2.75, 3.05) is 0 Å². The largest absolute Gasteiger partial charge is 0.489 e. The van der Waals surface area contributed by atoms with Gasteiger partial charge in [-0.15, -0.1) is 0 Å². The van der Waals surface area contributed by atoms with Crippen LogP contribution < -0.4 is 4.74 Å². The SMILES string of the molecule is Cc1ccc(COc2cccc(-c3nn(-c4ccccc4)cc3/C=C(/C#N)S(=O)(=O)c3ccc(Cl)cc3)c2)cc1. The first-order chi connectivity index (χ1) is 19.3. The highest BCUT2D eigenvalue weighted by Gasteiger charge is 2.22. The number of allylic oxidation sites excluding steroid dienone is 1. The van der Waals surface area contributed by atoms with Crippen LogP contribution in [0.3, 0.4) is 0 Å². The molecule has 40 heavy (non-hydrogen) atoms. The number of halogens is 1. The van der Waals surface area contributed by atoms with Crippen LogP contribution in [0.25, 0.3) is 23.0 Å². The molecule has 0 saturated carbocycles. The van der Waals surface area contributed by atoms with Crippen molar-refractivity contribution in [2.24, 2.45) is 0 Å². The number of rotatable bonds is 8. The molecule has 8 heteroatoms. The average Bonchev–Trinajstić information content (AvgIpc) is 3.40. The van der Waals surface area contributed by atoms with Gasteiger partial charge < -0.3 is 4.74 Å². The van der Waals surface area contributed by atoms with Gasteiger partial charge in [0, 0.05) is 22.3 Å². The van der Waals surface area contributed by atoms with Gasteiger partial charge in [0.2, 0.25) is 9.84 Å². The maximum Gasteiger partial charge on any atom is 0.216 e. The van der Waals surface area contributed by atoms with Crippen LogP contribution >= 0.6 is 11.6 Å². The van der Waals surface area contributed by atoms with E-state index in [0.29, 0.717) is 34.2 Å².